The monoisotopic (exact) mass is 727 g/mol. The van der Waals surface area contributed by atoms with Crippen molar-refractivity contribution in [3.8, 4) is 0 Å². The summed E-state index contributed by atoms with van der Waals surface area (Å²) in [7, 11) is -1.50. The third-order valence-corrected chi connectivity index (χ3v) is 10.7. The molecule has 0 saturated carbocycles. The van der Waals surface area contributed by atoms with Crippen LogP contribution < -0.4 is 24.6 Å². The van der Waals surface area contributed by atoms with Gasteiger partial charge in [-0.25, -0.2) is 19.5 Å². The Morgan fingerprint density at radius 3 is 1.64 bits per heavy atom. The zero-order valence-corrected chi connectivity index (χ0v) is 29.5. The summed E-state index contributed by atoms with van der Waals surface area (Å²) in [5.41, 5.74) is 7.39. The maximum Gasteiger partial charge on any atom is 0.330 e. The van der Waals surface area contributed by atoms with Gasteiger partial charge in [0.15, 0.2) is 0 Å². The molecule has 4 amide bonds. The Kier molecular flexibility index (Phi) is 10.5. The highest BCUT2D eigenvalue weighted by Crippen LogP contribution is 2.25. The molecule has 0 aliphatic carbocycles. The van der Waals surface area contributed by atoms with Crippen molar-refractivity contribution in [2.45, 2.75) is 24.9 Å². The average molecular weight is 728 g/mol. The van der Waals surface area contributed by atoms with Gasteiger partial charge in [0.25, 0.3) is 0 Å². The highest BCUT2D eigenvalue weighted by Gasteiger charge is 2.31. The molecule has 0 aliphatic rings. The Morgan fingerprint density at radius 2 is 1.14 bits per heavy atom. The molecule has 6 aromatic rings. The van der Waals surface area contributed by atoms with E-state index in [4.69, 9.17) is 0 Å². The topological polar surface area (TPSA) is 154 Å². The number of thiazole rings is 2. The molecular formula is C35H33N7O5S3. The number of benzene rings is 4. The number of hydrogen-bond acceptors (Lipinski definition) is 9. The molecule has 4 aromatic carbocycles. The van der Waals surface area contributed by atoms with Gasteiger partial charge in [0, 0.05) is 31.9 Å². The smallest absolute Gasteiger partial charge is 0.325 e. The number of anilines is 2. The molecule has 12 nitrogen and oxygen atoms in total. The summed E-state index contributed by atoms with van der Waals surface area (Å²) in [5.74, 6) is -1.02. The van der Waals surface area contributed by atoms with Gasteiger partial charge in [-0.1, -0.05) is 60.7 Å². The van der Waals surface area contributed by atoms with Crippen LogP contribution in [-0.4, -0.2) is 62.4 Å². The normalized spacial score (nSPS) is 12.7. The van der Waals surface area contributed by atoms with Crippen LogP contribution in [0.15, 0.2) is 108 Å². The van der Waals surface area contributed by atoms with Gasteiger partial charge in [-0.3, -0.25) is 9.59 Å². The number of likely N-dealkylation sites (N-methyl/N-ethyl adjacent to an activating group) is 2. The first-order valence-electron chi connectivity index (χ1n) is 15.5. The van der Waals surface area contributed by atoms with Crippen LogP contribution in [0.2, 0.25) is 0 Å². The van der Waals surface area contributed by atoms with E-state index >= 15 is 0 Å². The second-order valence-electron chi connectivity index (χ2n) is 11.5. The Balaban J connectivity index is 1.20. The largest absolute Gasteiger partial charge is 0.330 e. The molecule has 2 heterocycles. The Labute approximate surface area is 297 Å². The van der Waals surface area contributed by atoms with Crippen molar-refractivity contribution in [1.82, 2.24) is 24.7 Å². The summed E-state index contributed by atoms with van der Waals surface area (Å²) < 4.78 is 33.1. The van der Waals surface area contributed by atoms with Crippen LogP contribution in [0.4, 0.5) is 16.2 Å². The van der Waals surface area contributed by atoms with E-state index in [2.05, 4.69) is 20.0 Å². The van der Waals surface area contributed by atoms with Crippen LogP contribution in [0.5, 0.6) is 0 Å². The molecule has 0 aliphatic heterocycles. The summed E-state index contributed by atoms with van der Waals surface area (Å²) in [4.78, 5) is 52.3. The highest BCUT2D eigenvalue weighted by molar-refractivity contribution is 7.88. The minimum Gasteiger partial charge on any atom is -0.325 e. The minimum absolute atomic E-state index is 0.00866. The lowest BCUT2D eigenvalue weighted by Crippen LogP contribution is -2.57. The van der Waals surface area contributed by atoms with Crippen molar-refractivity contribution in [3.05, 3.63) is 119 Å². The number of nitrogens with one attached hydrogen (secondary N) is 3. The van der Waals surface area contributed by atoms with Gasteiger partial charge < -0.3 is 15.1 Å². The van der Waals surface area contributed by atoms with Crippen molar-refractivity contribution >= 4 is 82.5 Å². The fourth-order valence-corrected chi connectivity index (χ4v) is 7.68. The summed E-state index contributed by atoms with van der Waals surface area (Å²) in [6.07, 6.45) is 0.0990. The molecule has 50 heavy (non-hydrogen) atoms. The first-order chi connectivity index (χ1) is 24.1. The van der Waals surface area contributed by atoms with E-state index < -0.39 is 40.1 Å². The minimum atomic E-state index is -4.62. The average Bonchev–Trinajstić information content (AvgIpc) is 3.79. The number of urea groups is 1. The van der Waals surface area contributed by atoms with Gasteiger partial charge in [0.05, 0.1) is 31.5 Å². The van der Waals surface area contributed by atoms with Gasteiger partial charge in [0.2, 0.25) is 11.8 Å². The van der Waals surface area contributed by atoms with E-state index in [0.717, 1.165) is 20.5 Å². The van der Waals surface area contributed by atoms with Crippen molar-refractivity contribution in [3.63, 3.8) is 0 Å². The quantitative estimate of drug-likeness (QED) is 0.162. The van der Waals surface area contributed by atoms with E-state index in [-0.39, 0.29) is 12.8 Å². The lowest BCUT2D eigenvalue weighted by Gasteiger charge is -2.26. The first kappa shape index (κ1) is 34.6. The van der Waals surface area contributed by atoms with Gasteiger partial charge in [-0.05, 0) is 53.9 Å². The van der Waals surface area contributed by atoms with E-state index in [1.807, 2.05) is 41.1 Å². The molecular weight excluding hydrogens is 695 g/mol. The predicted molar refractivity (Wildman–Crippen MR) is 198 cm³/mol. The maximum absolute atomic E-state index is 13.8. The Bertz CT molecular complexity index is 2240. The molecule has 0 radical (unpaired) electrons. The van der Waals surface area contributed by atoms with Gasteiger partial charge in [-0.15, -0.1) is 22.7 Å². The van der Waals surface area contributed by atoms with Gasteiger partial charge in [0.1, 0.15) is 12.1 Å². The second-order valence-corrected chi connectivity index (χ2v) is 14.7. The SMILES string of the molecule is CN(C(=O)[C@H](Cc1ccccc1)NC(=O)NS(=O)(=O)N[C@@H](Cc1ccccc1)C(=O)N(C)c1ccc2scnc2c1)c1ccc2scnc2c1. The molecule has 0 fully saturated rings. The molecule has 256 valence electrons. The molecule has 0 spiro atoms. The fraction of sp³-hybridized carbons (Fsp3) is 0.171. The molecule has 0 unspecified atom stereocenters. The third kappa shape index (κ3) is 8.31. The molecule has 0 saturated heterocycles. The lowest BCUT2D eigenvalue weighted by molar-refractivity contribution is -0.120. The zero-order valence-electron chi connectivity index (χ0n) is 27.0. The number of fused-ring (bicyclic) bond motifs is 2. The van der Waals surface area contributed by atoms with Crippen LogP contribution in [0.3, 0.4) is 0 Å². The van der Waals surface area contributed by atoms with Crippen LogP contribution in [-0.2, 0) is 32.6 Å². The molecule has 3 N–H and O–H groups in total. The van der Waals surface area contributed by atoms with E-state index in [1.165, 1.54) is 32.5 Å². The lowest BCUT2D eigenvalue weighted by atomic mass is 10.0. The maximum atomic E-state index is 13.8. The summed E-state index contributed by atoms with van der Waals surface area (Å²) in [5, 5.41) is 2.54. The van der Waals surface area contributed by atoms with Gasteiger partial charge >= 0.3 is 16.2 Å². The molecule has 15 heteroatoms. The summed E-state index contributed by atoms with van der Waals surface area (Å²) >= 11 is 2.94. The number of aromatic nitrogens is 2. The van der Waals surface area contributed by atoms with Crippen molar-refractivity contribution < 1.29 is 22.8 Å². The van der Waals surface area contributed by atoms with Crippen LogP contribution in [0.1, 0.15) is 11.1 Å². The number of rotatable bonds is 12. The first-order valence-corrected chi connectivity index (χ1v) is 18.7. The summed E-state index contributed by atoms with van der Waals surface area (Å²) in [6.45, 7) is 0. The van der Waals surface area contributed by atoms with Crippen molar-refractivity contribution in [2.75, 3.05) is 23.9 Å². The molecule has 6 rings (SSSR count). The second kappa shape index (κ2) is 15.1. The Morgan fingerprint density at radius 1 is 0.680 bits per heavy atom. The number of hydrogen-bond donors (Lipinski definition) is 3. The number of carbonyl (C=O) groups is 3. The summed E-state index contributed by atoms with van der Waals surface area (Å²) in [6, 6.07) is 25.2. The Hall–Kier alpha value is -5.22. The number of nitrogens with zero attached hydrogens (tertiary/aromatic N) is 4. The van der Waals surface area contributed by atoms with Crippen LogP contribution in [0.25, 0.3) is 20.4 Å². The van der Waals surface area contributed by atoms with Crippen molar-refractivity contribution in [1.29, 1.82) is 0 Å². The third-order valence-electron chi connectivity index (χ3n) is 8.06. The van der Waals surface area contributed by atoms with Crippen LogP contribution >= 0.6 is 22.7 Å². The number of carbonyl (C=O) groups excluding carboxylic acids is 3. The highest BCUT2D eigenvalue weighted by atomic mass is 32.2. The van der Waals surface area contributed by atoms with Crippen LogP contribution in [0, 0.1) is 0 Å². The van der Waals surface area contributed by atoms with E-state index in [1.54, 1.807) is 85.8 Å². The molecule has 2 aromatic heterocycles. The standard InChI is InChI=1S/C35H33N7O5S3/c1-41(25-13-15-31-27(19-25)36-21-48-31)33(43)29(17-23-9-5-3-6-10-23)38-35(45)40-50(46,47)39-30(18-24-11-7-4-8-12-24)34(44)42(2)26-14-16-32-28(20-26)37-22-49-32/h3-16,19-22,29-30,39H,17-18H2,1-2H3,(H2,38,40,45)/t29-,30-/m0/s1. The molecule has 2 atom stereocenters. The molecule has 0 bridgehead atoms. The van der Waals surface area contributed by atoms with Crippen molar-refractivity contribution in [2.24, 2.45) is 0 Å². The number of amides is 4. The van der Waals surface area contributed by atoms with E-state index in [0.29, 0.717) is 22.5 Å². The van der Waals surface area contributed by atoms with Gasteiger partial charge in [-0.2, -0.15) is 13.1 Å². The predicted octanol–water partition coefficient (Wildman–Crippen LogP) is 4.89. The fourth-order valence-electron chi connectivity index (χ4n) is 5.44. The van der Waals surface area contributed by atoms with E-state index in [9.17, 15) is 22.8 Å². The zero-order chi connectivity index (χ0) is 35.3.